The highest BCUT2D eigenvalue weighted by atomic mass is 19.1. The fraction of sp³-hybridized carbons (Fsp3) is 0.786. The first-order valence-corrected chi connectivity index (χ1v) is 13.0. The summed E-state index contributed by atoms with van der Waals surface area (Å²) >= 11 is 0. The smallest absolute Gasteiger partial charge is 0.129 e. The highest BCUT2D eigenvalue weighted by Crippen LogP contribution is 2.49. The largest absolute Gasteiger partial charge is 0.207 e. The summed E-state index contributed by atoms with van der Waals surface area (Å²) in [5.74, 6) is 4.19. The van der Waals surface area contributed by atoms with E-state index in [4.69, 9.17) is 0 Å². The second kappa shape index (κ2) is 10.1. The topological polar surface area (TPSA) is 0 Å². The van der Waals surface area contributed by atoms with Gasteiger partial charge in [-0.15, -0.1) is 0 Å². The van der Waals surface area contributed by atoms with Crippen molar-refractivity contribution < 1.29 is 8.78 Å². The van der Waals surface area contributed by atoms with Gasteiger partial charge in [0.2, 0.25) is 0 Å². The highest BCUT2D eigenvalue weighted by Gasteiger charge is 2.36. The molecule has 3 aliphatic rings. The lowest BCUT2D eigenvalue weighted by Gasteiger charge is -2.43. The van der Waals surface area contributed by atoms with Crippen molar-refractivity contribution in [2.75, 3.05) is 0 Å². The summed E-state index contributed by atoms with van der Waals surface area (Å²) in [6.45, 7) is 3.86. The van der Waals surface area contributed by atoms with E-state index in [1.165, 1.54) is 84.0 Å². The molecule has 0 bridgehead atoms. The molecule has 3 fully saturated rings. The molecule has 0 aliphatic heterocycles. The fourth-order valence-corrected chi connectivity index (χ4v) is 7.14. The average molecular weight is 417 g/mol. The van der Waals surface area contributed by atoms with Crippen molar-refractivity contribution >= 4 is 0 Å². The van der Waals surface area contributed by atoms with Gasteiger partial charge in [-0.25, -0.2) is 8.78 Å². The van der Waals surface area contributed by atoms with Crippen LogP contribution >= 0.6 is 0 Å². The molecule has 0 N–H and O–H groups in total. The van der Waals surface area contributed by atoms with Gasteiger partial charge in [-0.3, -0.25) is 0 Å². The molecule has 0 saturated heterocycles. The molecule has 168 valence electrons. The van der Waals surface area contributed by atoms with Gasteiger partial charge < -0.3 is 0 Å². The normalized spacial score (nSPS) is 34.5. The van der Waals surface area contributed by atoms with Gasteiger partial charge in [-0.1, -0.05) is 64.7 Å². The Kier molecular flexibility index (Phi) is 7.53. The zero-order valence-electron chi connectivity index (χ0n) is 19.3. The Bertz CT molecular complexity index is 665. The summed E-state index contributed by atoms with van der Waals surface area (Å²) in [5.41, 5.74) is 1.06. The molecule has 0 aromatic heterocycles. The Labute approximate surface area is 183 Å². The Morgan fingerprint density at radius 2 is 1.23 bits per heavy atom. The van der Waals surface area contributed by atoms with E-state index in [1.54, 1.807) is 12.1 Å². The molecule has 0 heterocycles. The van der Waals surface area contributed by atoms with Crippen molar-refractivity contribution in [2.24, 2.45) is 29.6 Å². The number of hydrogen-bond donors (Lipinski definition) is 0. The van der Waals surface area contributed by atoms with Crippen LogP contribution in [0.25, 0.3) is 0 Å². The lowest BCUT2D eigenvalue weighted by atomic mass is 9.63. The van der Waals surface area contributed by atoms with Gasteiger partial charge in [0.25, 0.3) is 0 Å². The summed E-state index contributed by atoms with van der Waals surface area (Å²) in [4.78, 5) is 0. The molecule has 0 radical (unpaired) electrons. The van der Waals surface area contributed by atoms with Gasteiger partial charge in [0, 0.05) is 5.56 Å². The molecule has 3 saturated carbocycles. The maximum absolute atomic E-state index is 14.0. The molecule has 3 aliphatic carbocycles. The minimum Gasteiger partial charge on any atom is -0.207 e. The van der Waals surface area contributed by atoms with E-state index in [-0.39, 0.29) is 17.2 Å². The van der Waals surface area contributed by atoms with Crippen molar-refractivity contribution in [2.45, 2.75) is 110 Å². The van der Waals surface area contributed by atoms with Crippen molar-refractivity contribution in [3.05, 3.63) is 34.9 Å². The number of rotatable bonds is 6. The van der Waals surface area contributed by atoms with Crippen molar-refractivity contribution in [1.29, 1.82) is 0 Å². The van der Waals surface area contributed by atoms with Crippen molar-refractivity contribution in [1.82, 2.24) is 0 Å². The van der Waals surface area contributed by atoms with Crippen LogP contribution in [0.2, 0.25) is 0 Å². The summed E-state index contributed by atoms with van der Waals surface area (Å²) in [6, 6.07) is 3.20. The third-order valence-electron chi connectivity index (χ3n) is 9.14. The second-order valence-corrected chi connectivity index (χ2v) is 11.1. The van der Waals surface area contributed by atoms with Crippen LogP contribution in [-0.2, 0) is 0 Å². The number of hydrogen-bond acceptors (Lipinski definition) is 0. The fourth-order valence-electron chi connectivity index (χ4n) is 7.14. The standard InChI is InChI=1S/C28H42F2/c1-3-4-20-5-7-21(8-6-20)9-10-22-11-12-24-16-25(14-13-23(24)15-22)26-17-27(29)19(2)28(30)18-26/h17-18,20-25H,3-16H2,1-2H3. The summed E-state index contributed by atoms with van der Waals surface area (Å²) < 4.78 is 28.1. The molecule has 4 unspecified atom stereocenters. The van der Waals surface area contributed by atoms with E-state index in [9.17, 15) is 8.78 Å². The van der Waals surface area contributed by atoms with Crippen LogP contribution in [0.3, 0.4) is 0 Å². The van der Waals surface area contributed by atoms with E-state index >= 15 is 0 Å². The maximum atomic E-state index is 14.0. The van der Waals surface area contributed by atoms with Crippen LogP contribution in [-0.4, -0.2) is 0 Å². The van der Waals surface area contributed by atoms with E-state index in [0.29, 0.717) is 5.92 Å². The summed E-state index contributed by atoms with van der Waals surface area (Å²) in [6.07, 6.45) is 19.3. The molecule has 0 nitrogen and oxygen atoms in total. The maximum Gasteiger partial charge on any atom is 0.129 e. The lowest BCUT2D eigenvalue weighted by Crippen LogP contribution is -2.30. The molecule has 1 aromatic carbocycles. The zero-order valence-corrected chi connectivity index (χ0v) is 19.3. The molecule has 1 aromatic rings. The predicted octanol–water partition coefficient (Wildman–Crippen LogP) is 8.96. The monoisotopic (exact) mass is 416 g/mol. The van der Waals surface area contributed by atoms with Crippen molar-refractivity contribution in [3.8, 4) is 0 Å². The minimum absolute atomic E-state index is 0.159. The Morgan fingerprint density at radius 3 is 1.90 bits per heavy atom. The van der Waals surface area contributed by atoms with E-state index < -0.39 is 0 Å². The van der Waals surface area contributed by atoms with Crippen LogP contribution in [0.4, 0.5) is 8.78 Å². The SMILES string of the molecule is CCCC1CCC(CCC2CCC3CC(c4cc(F)c(C)c(F)c4)CCC3C2)CC1. The van der Waals surface area contributed by atoms with Gasteiger partial charge in [-0.05, 0) is 92.2 Å². The Balaban J connectivity index is 1.23. The van der Waals surface area contributed by atoms with Gasteiger partial charge in [-0.2, -0.15) is 0 Å². The number of halogens is 2. The van der Waals surface area contributed by atoms with Crippen LogP contribution in [0.5, 0.6) is 0 Å². The second-order valence-electron chi connectivity index (χ2n) is 11.1. The first kappa shape index (κ1) is 22.3. The van der Waals surface area contributed by atoms with Gasteiger partial charge in [0.05, 0.1) is 0 Å². The lowest BCUT2D eigenvalue weighted by molar-refractivity contribution is 0.108. The molecule has 4 atom stereocenters. The van der Waals surface area contributed by atoms with Gasteiger partial charge in [0.15, 0.2) is 0 Å². The highest BCUT2D eigenvalue weighted by molar-refractivity contribution is 5.28. The minimum atomic E-state index is -0.375. The molecule has 0 amide bonds. The van der Waals surface area contributed by atoms with Crippen LogP contribution < -0.4 is 0 Å². The van der Waals surface area contributed by atoms with Crippen molar-refractivity contribution in [3.63, 3.8) is 0 Å². The van der Waals surface area contributed by atoms with Gasteiger partial charge >= 0.3 is 0 Å². The number of fused-ring (bicyclic) bond motifs is 1. The molecule has 4 rings (SSSR count). The van der Waals surface area contributed by atoms with E-state index in [0.717, 1.165) is 48.0 Å². The zero-order chi connectivity index (χ0) is 21.1. The number of benzene rings is 1. The first-order valence-electron chi connectivity index (χ1n) is 13.0. The molecular formula is C28H42F2. The Morgan fingerprint density at radius 1 is 0.700 bits per heavy atom. The predicted molar refractivity (Wildman–Crippen MR) is 122 cm³/mol. The first-order chi connectivity index (χ1) is 14.5. The molecule has 30 heavy (non-hydrogen) atoms. The third kappa shape index (κ3) is 5.28. The molecule has 0 spiro atoms. The quantitative estimate of drug-likeness (QED) is 0.434. The van der Waals surface area contributed by atoms with Gasteiger partial charge in [0.1, 0.15) is 11.6 Å². The molecule has 2 heteroatoms. The molecular weight excluding hydrogens is 374 g/mol. The Hall–Kier alpha value is -0.920. The van der Waals surface area contributed by atoms with Crippen LogP contribution in [0.15, 0.2) is 12.1 Å². The van der Waals surface area contributed by atoms with Crippen LogP contribution in [0.1, 0.15) is 114 Å². The third-order valence-corrected chi connectivity index (χ3v) is 9.14. The van der Waals surface area contributed by atoms with E-state index in [2.05, 4.69) is 6.92 Å². The van der Waals surface area contributed by atoms with Crippen LogP contribution in [0, 0.1) is 48.1 Å². The summed E-state index contributed by atoms with van der Waals surface area (Å²) in [5, 5.41) is 0. The summed E-state index contributed by atoms with van der Waals surface area (Å²) in [7, 11) is 0. The average Bonchev–Trinajstić information content (AvgIpc) is 2.76. The van der Waals surface area contributed by atoms with E-state index in [1.807, 2.05) is 0 Å².